The molecule has 0 aliphatic carbocycles. The van der Waals surface area contributed by atoms with Crippen molar-refractivity contribution >= 4 is 21.5 Å². The molecular weight excluding hydrogens is 266 g/mol. The summed E-state index contributed by atoms with van der Waals surface area (Å²) in [7, 11) is -3.30. The van der Waals surface area contributed by atoms with Crippen molar-refractivity contribution in [1.29, 1.82) is 0 Å². The van der Waals surface area contributed by atoms with Crippen LogP contribution in [0.4, 0.5) is 11.5 Å². The number of rotatable bonds is 3. The molecule has 2 rings (SSSR count). The second kappa shape index (κ2) is 4.77. The van der Waals surface area contributed by atoms with Gasteiger partial charge in [-0.3, -0.25) is 9.83 Å². The lowest BCUT2D eigenvalue weighted by molar-refractivity contribution is 0.356. The number of nitrogen functional groups attached to an aromatic ring is 1. The second-order valence-electron chi connectivity index (χ2n) is 4.06. The van der Waals surface area contributed by atoms with Gasteiger partial charge in [0.05, 0.1) is 6.26 Å². The minimum Gasteiger partial charge on any atom is -0.380 e. The number of sulfonamides is 1. The molecule has 0 aliphatic heterocycles. The van der Waals surface area contributed by atoms with Crippen LogP contribution < -0.4 is 10.5 Å². The molecule has 0 amide bonds. The maximum absolute atomic E-state index is 11.4. The summed E-state index contributed by atoms with van der Waals surface area (Å²) >= 11 is 0. The van der Waals surface area contributed by atoms with Crippen LogP contribution in [0.3, 0.4) is 0 Å². The molecule has 0 unspecified atom stereocenters. The first-order valence-corrected chi connectivity index (χ1v) is 7.25. The van der Waals surface area contributed by atoms with E-state index in [1.807, 2.05) is 0 Å². The Morgan fingerprint density at radius 3 is 2.32 bits per heavy atom. The van der Waals surface area contributed by atoms with Crippen molar-refractivity contribution in [3.8, 4) is 16.9 Å². The average molecular weight is 278 g/mol. The quantitative estimate of drug-likeness (QED) is 0.893. The first-order valence-electron chi connectivity index (χ1n) is 5.36. The third-order valence-electron chi connectivity index (χ3n) is 2.40. The van der Waals surface area contributed by atoms with Gasteiger partial charge in [0.15, 0.2) is 5.82 Å². The van der Waals surface area contributed by atoms with Gasteiger partial charge in [-0.1, -0.05) is 12.1 Å². The first kappa shape index (κ1) is 13.2. The Hall–Kier alpha value is -2.28. The number of nitrogens with two attached hydrogens (primary N) is 1. The fourth-order valence-corrected chi connectivity index (χ4v) is 2.12. The fourth-order valence-electron chi connectivity index (χ4n) is 1.56. The monoisotopic (exact) mass is 278 g/mol. The molecule has 1 radical (unpaired) electrons. The molecule has 99 valence electrons. The molecule has 0 saturated heterocycles. The topological polar surface area (TPSA) is 105 Å². The van der Waals surface area contributed by atoms with E-state index >= 15 is 0 Å². The molecule has 0 aliphatic rings. The van der Waals surface area contributed by atoms with E-state index < -0.39 is 10.0 Å². The number of nitrogens with one attached hydrogen (secondary N) is 1. The maximum Gasteiger partial charge on any atom is 0.229 e. The molecule has 0 bridgehead atoms. The van der Waals surface area contributed by atoms with Gasteiger partial charge >= 0.3 is 0 Å². The standard InChI is InChI=1S/C12H12N3O3S/c1-19(17,18)15-10-4-2-8(3-5-10)9-6-11(16)12(13)14-7-9/h2-7,15H,1H3,(H2,13,14). The van der Waals surface area contributed by atoms with Crippen LogP contribution in [0.1, 0.15) is 0 Å². The second-order valence-corrected chi connectivity index (χ2v) is 5.81. The molecule has 7 heteroatoms. The lowest BCUT2D eigenvalue weighted by atomic mass is 10.1. The Bertz CT molecular complexity index is 697. The van der Waals surface area contributed by atoms with Crippen LogP contribution in [0, 0.1) is 0 Å². The SMILES string of the molecule is CS(=O)(=O)Nc1ccc(-c2cnc(N)c([O])c2)cc1. The summed E-state index contributed by atoms with van der Waals surface area (Å²) in [6.07, 6.45) is 2.57. The van der Waals surface area contributed by atoms with Gasteiger partial charge in [-0.2, -0.15) is 0 Å². The zero-order valence-electron chi connectivity index (χ0n) is 10.1. The van der Waals surface area contributed by atoms with Crippen LogP contribution in [0.2, 0.25) is 0 Å². The summed E-state index contributed by atoms with van der Waals surface area (Å²) < 4.78 is 24.5. The molecular formula is C12H12N3O3S. The highest BCUT2D eigenvalue weighted by atomic mass is 32.2. The van der Waals surface area contributed by atoms with E-state index in [1.165, 1.54) is 12.3 Å². The average Bonchev–Trinajstić information content (AvgIpc) is 2.32. The van der Waals surface area contributed by atoms with Crippen LogP contribution in [-0.2, 0) is 15.1 Å². The minimum absolute atomic E-state index is 0.0425. The Kier molecular flexibility index (Phi) is 3.30. The Balaban J connectivity index is 2.29. The van der Waals surface area contributed by atoms with Crippen molar-refractivity contribution < 1.29 is 13.5 Å². The van der Waals surface area contributed by atoms with Gasteiger partial charge in [0, 0.05) is 17.4 Å². The molecule has 0 saturated carbocycles. The summed E-state index contributed by atoms with van der Waals surface area (Å²) in [5, 5.41) is 11.4. The highest BCUT2D eigenvalue weighted by Crippen LogP contribution is 2.27. The van der Waals surface area contributed by atoms with Gasteiger partial charge in [0.1, 0.15) is 0 Å². The zero-order valence-corrected chi connectivity index (χ0v) is 10.9. The fraction of sp³-hybridized carbons (Fsp3) is 0.0833. The summed E-state index contributed by atoms with van der Waals surface area (Å²) in [5.41, 5.74) is 7.20. The molecule has 19 heavy (non-hydrogen) atoms. The molecule has 1 heterocycles. The van der Waals surface area contributed by atoms with Crippen LogP contribution in [-0.4, -0.2) is 19.7 Å². The number of hydrogen-bond acceptors (Lipinski definition) is 4. The minimum atomic E-state index is -3.30. The molecule has 2 aromatic rings. The normalized spacial score (nSPS) is 11.2. The van der Waals surface area contributed by atoms with Crippen LogP contribution in [0.25, 0.3) is 11.1 Å². The molecule has 0 atom stereocenters. The van der Waals surface area contributed by atoms with Crippen molar-refractivity contribution in [1.82, 2.24) is 4.98 Å². The summed E-state index contributed by atoms with van der Waals surface area (Å²) in [6.45, 7) is 0. The lowest BCUT2D eigenvalue weighted by Gasteiger charge is -2.06. The molecule has 0 fully saturated rings. The van der Waals surface area contributed by atoms with Crippen LogP contribution in [0.15, 0.2) is 36.5 Å². The highest BCUT2D eigenvalue weighted by molar-refractivity contribution is 7.92. The van der Waals surface area contributed by atoms with Crippen molar-refractivity contribution in [3.63, 3.8) is 0 Å². The van der Waals surface area contributed by atoms with Crippen molar-refractivity contribution in [2.24, 2.45) is 0 Å². The third kappa shape index (κ3) is 3.35. The van der Waals surface area contributed by atoms with E-state index in [2.05, 4.69) is 9.71 Å². The van der Waals surface area contributed by atoms with E-state index in [4.69, 9.17) is 5.73 Å². The van der Waals surface area contributed by atoms with E-state index in [9.17, 15) is 13.5 Å². The van der Waals surface area contributed by atoms with E-state index in [0.717, 1.165) is 11.8 Å². The predicted molar refractivity (Wildman–Crippen MR) is 72.7 cm³/mol. The first-order chi connectivity index (χ1) is 8.85. The Morgan fingerprint density at radius 1 is 1.16 bits per heavy atom. The van der Waals surface area contributed by atoms with Gasteiger partial charge in [0.2, 0.25) is 15.8 Å². The smallest absolute Gasteiger partial charge is 0.229 e. The molecule has 3 N–H and O–H groups in total. The molecule has 0 spiro atoms. The molecule has 6 nitrogen and oxygen atoms in total. The number of aromatic nitrogens is 1. The van der Waals surface area contributed by atoms with Gasteiger partial charge in [-0.05, 0) is 23.8 Å². The maximum atomic E-state index is 11.4. The van der Waals surface area contributed by atoms with Gasteiger partial charge in [0.25, 0.3) is 0 Å². The summed E-state index contributed by atoms with van der Waals surface area (Å²) in [4.78, 5) is 3.79. The number of nitrogens with zero attached hydrogens (tertiary/aromatic N) is 1. The number of benzene rings is 1. The Labute approximate surface area is 111 Å². The summed E-state index contributed by atoms with van der Waals surface area (Å²) in [5.74, 6) is -0.380. The number of anilines is 2. The molecule has 1 aromatic heterocycles. The van der Waals surface area contributed by atoms with Crippen LogP contribution in [0.5, 0.6) is 5.75 Å². The largest absolute Gasteiger partial charge is 0.380 e. The Morgan fingerprint density at radius 2 is 1.79 bits per heavy atom. The van der Waals surface area contributed by atoms with Gasteiger partial charge < -0.3 is 5.73 Å². The van der Waals surface area contributed by atoms with Crippen molar-refractivity contribution in [3.05, 3.63) is 36.5 Å². The van der Waals surface area contributed by atoms with E-state index in [0.29, 0.717) is 11.3 Å². The van der Waals surface area contributed by atoms with Crippen LogP contribution >= 0.6 is 0 Å². The zero-order chi connectivity index (χ0) is 14.0. The van der Waals surface area contributed by atoms with E-state index in [-0.39, 0.29) is 11.6 Å². The predicted octanol–water partition coefficient (Wildman–Crippen LogP) is 1.85. The van der Waals surface area contributed by atoms with Gasteiger partial charge in [-0.25, -0.2) is 13.4 Å². The summed E-state index contributed by atoms with van der Waals surface area (Å²) in [6, 6.07) is 8.00. The lowest BCUT2D eigenvalue weighted by Crippen LogP contribution is -2.09. The van der Waals surface area contributed by atoms with Gasteiger partial charge in [-0.15, -0.1) is 0 Å². The third-order valence-corrected chi connectivity index (χ3v) is 3.01. The number of pyridine rings is 1. The molecule has 1 aromatic carbocycles. The van der Waals surface area contributed by atoms with E-state index in [1.54, 1.807) is 24.3 Å². The van der Waals surface area contributed by atoms with Crippen molar-refractivity contribution in [2.45, 2.75) is 0 Å². The number of hydrogen-bond donors (Lipinski definition) is 2. The highest BCUT2D eigenvalue weighted by Gasteiger charge is 2.06. The van der Waals surface area contributed by atoms with Crippen molar-refractivity contribution in [2.75, 3.05) is 16.7 Å².